The van der Waals surface area contributed by atoms with E-state index in [4.69, 9.17) is 0 Å². The molecule has 0 unspecified atom stereocenters. The largest absolute Gasteiger partial charge is 0.349 e. The standard InChI is InChI=1S/C18H26FN3O2/c1-12(2)11-20-18(24)22-14-9-7-13(8-10-14)21-17(23)15-5-3-4-6-16(15)19/h3-6,12-14H,7-11H2,1-2H3,(H,21,23)(H2,20,22,24). The van der Waals surface area contributed by atoms with Crippen molar-refractivity contribution in [1.29, 1.82) is 0 Å². The van der Waals surface area contributed by atoms with Crippen LogP contribution in [0.25, 0.3) is 0 Å². The second kappa shape index (κ2) is 8.66. The number of benzene rings is 1. The van der Waals surface area contributed by atoms with E-state index < -0.39 is 5.82 Å². The second-order valence-corrected chi connectivity index (χ2v) is 6.75. The molecule has 0 heterocycles. The maximum atomic E-state index is 13.6. The van der Waals surface area contributed by atoms with E-state index in [1.807, 2.05) is 13.8 Å². The molecule has 1 aromatic rings. The first-order valence-corrected chi connectivity index (χ1v) is 8.55. The Bertz CT molecular complexity index is 569. The van der Waals surface area contributed by atoms with E-state index >= 15 is 0 Å². The summed E-state index contributed by atoms with van der Waals surface area (Å²) in [5.41, 5.74) is 0.0748. The summed E-state index contributed by atoms with van der Waals surface area (Å²) in [6, 6.07) is 5.99. The number of nitrogens with one attached hydrogen (secondary N) is 3. The number of hydrogen-bond donors (Lipinski definition) is 3. The Hall–Kier alpha value is -2.11. The molecule has 3 N–H and O–H groups in total. The van der Waals surface area contributed by atoms with Gasteiger partial charge in [0, 0.05) is 18.6 Å². The third-order valence-corrected chi connectivity index (χ3v) is 4.19. The minimum atomic E-state index is -0.507. The Morgan fingerprint density at radius 2 is 1.67 bits per heavy atom. The Morgan fingerprint density at radius 1 is 1.08 bits per heavy atom. The fraction of sp³-hybridized carbons (Fsp3) is 0.556. The highest BCUT2D eigenvalue weighted by molar-refractivity contribution is 5.94. The Labute approximate surface area is 142 Å². The van der Waals surface area contributed by atoms with Crippen molar-refractivity contribution in [3.8, 4) is 0 Å². The normalized spacial score (nSPS) is 20.5. The molecule has 1 saturated carbocycles. The molecule has 0 aliphatic heterocycles. The van der Waals surface area contributed by atoms with Crippen molar-refractivity contribution in [3.63, 3.8) is 0 Å². The molecular weight excluding hydrogens is 309 g/mol. The van der Waals surface area contributed by atoms with E-state index in [0.717, 1.165) is 25.7 Å². The highest BCUT2D eigenvalue weighted by Crippen LogP contribution is 2.19. The summed E-state index contributed by atoms with van der Waals surface area (Å²) < 4.78 is 13.6. The Balaban J connectivity index is 1.74. The van der Waals surface area contributed by atoms with Gasteiger partial charge < -0.3 is 16.0 Å². The molecule has 0 bridgehead atoms. The van der Waals surface area contributed by atoms with E-state index in [-0.39, 0.29) is 29.6 Å². The lowest BCUT2D eigenvalue weighted by molar-refractivity contribution is 0.0920. The van der Waals surface area contributed by atoms with Crippen molar-refractivity contribution >= 4 is 11.9 Å². The molecule has 24 heavy (non-hydrogen) atoms. The fourth-order valence-corrected chi connectivity index (χ4v) is 2.82. The van der Waals surface area contributed by atoms with Gasteiger partial charge in [-0.05, 0) is 43.7 Å². The lowest BCUT2D eigenvalue weighted by Gasteiger charge is -2.29. The zero-order valence-corrected chi connectivity index (χ0v) is 14.3. The number of carbonyl (C=O) groups excluding carboxylic acids is 2. The van der Waals surface area contributed by atoms with Crippen LogP contribution in [0.4, 0.5) is 9.18 Å². The van der Waals surface area contributed by atoms with Gasteiger partial charge in [0.25, 0.3) is 5.91 Å². The van der Waals surface area contributed by atoms with Gasteiger partial charge in [-0.2, -0.15) is 0 Å². The van der Waals surface area contributed by atoms with Gasteiger partial charge >= 0.3 is 6.03 Å². The van der Waals surface area contributed by atoms with Crippen LogP contribution in [0.15, 0.2) is 24.3 Å². The molecule has 6 heteroatoms. The molecule has 0 radical (unpaired) electrons. The summed E-state index contributed by atoms with van der Waals surface area (Å²) in [6.45, 7) is 4.74. The Kier molecular flexibility index (Phi) is 6.58. The number of carbonyl (C=O) groups is 2. The summed E-state index contributed by atoms with van der Waals surface area (Å²) in [7, 11) is 0. The van der Waals surface area contributed by atoms with Crippen molar-refractivity contribution in [1.82, 2.24) is 16.0 Å². The number of halogens is 1. The predicted molar refractivity (Wildman–Crippen MR) is 91.3 cm³/mol. The minimum absolute atomic E-state index is 0.0221. The zero-order chi connectivity index (χ0) is 17.5. The number of hydrogen-bond acceptors (Lipinski definition) is 2. The average molecular weight is 335 g/mol. The summed E-state index contributed by atoms with van der Waals surface area (Å²) in [4.78, 5) is 23.9. The maximum Gasteiger partial charge on any atom is 0.315 e. The van der Waals surface area contributed by atoms with Crippen LogP contribution < -0.4 is 16.0 Å². The molecule has 0 spiro atoms. The van der Waals surface area contributed by atoms with Crippen molar-refractivity contribution < 1.29 is 14.0 Å². The van der Waals surface area contributed by atoms with E-state index in [9.17, 15) is 14.0 Å². The van der Waals surface area contributed by atoms with E-state index in [2.05, 4.69) is 16.0 Å². The molecule has 0 saturated heterocycles. The molecule has 0 atom stereocenters. The first-order valence-electron chi connectivity index (χ1n) is 8.55. The van der Waals surface area contributed by atoms with Crippen molar-refractivity contribution in [3.05, 3.63) is 35.6 Å². The maximum absolute atomic E-state index is 13.6. The summed E-state index contributed by atoms with van der Waals surface area (Å²) >= 11 is 0. The topological polar surface area (TPSA) is 70.2 Å². The van der Waals surface area contributed by atoms with Gasteiger partial charge in [0.15, 0.2) is 0 Å². The van der Waals surface area contributed by atoms with Gasteiger partial charge in [-0.1, -0.05) is 26.0 Å². The van der Waals surface area contributed by atoms with Crippen molar-refractivity contribution in [2.45, 2.75) is 51.6 Å². The third-order valence-electron chi connectivity index (χ3n) is 4.19. The second-order valence-electron chi connectivity index (χ2n) is 6.75. The van der Waals surface area contributed by atoms with Crippen LogP contribution in [0.1, 0.15) is 49.9 Å². The summed E-state index contributed by atoms with van der Waals surface area (Å²) in [6.07, 6.45) is 3.15. The van der Waals surface area contributed by atoms with Gasteiger partial charge in [0.05, 0.1) is 5.56 Å². The van der Waals surface area contributed by atoms with E-state index in [0.29, 0.717) is 12.5 Å². The highest BCUT2D eigenvalue weighted by atomic mass is 19.1. The van der Waals surface area contributed by atoms with Crippen LogP contribution in [-0.2, 0) is 0 Å². The molecule has 132 valence electrons. The summed E-state index contributed by atoms with van der Waals surface area (Å²) in [5.74, 6) is -0.466. The number of rotatable bonds is 5. The minimum Gasteiger partial charge on any atom is -0.349 e. The molecule has 1 aliphatic rings. The first-order chi connectivity index (χ1) is 11.5. The van der Waals surface area contributed by atoms with Gasteiger partial charge in [-0.15, -0.1) is 0 Å². The van der Waals surface area contributed by atoms with Gasteiger partial charge in [-0.3, -0.25) is 4.79 Å². The monoisotopic (exact) mass is 335 g/mol. The average Bonchev–Trinajstić information content (AvgIpc) is 2.55. The number of urea groups is 1. The number of amides is 3. The van der Waals surface area contributed by atoms with Gasteiger partial charge in [0.1, 0.15) is 5.82 Å². The van der Waals surface area contributed by atoms with E-state index in [1.165, 1.54) is 12.1 Å². The molecule has 1 aromatic carbocycles. The Morgan fingerprint density at radius 3 is 2.25 bits per heavy atom. The van der Waals surface area contributed by atoms with Crippen molar-refractivity contribution in [2.24, 2.45) is 5.92 Å². The third kappa shape index (κ3) is 5.51. The van der Waals surface area contributed by atoms with Crippen molar-refractivity contribution in [2.75, 3.05) is 6.54 Å². The predicted octanol–water partition coefficient (Wildman–Crippen LogP) is 2.82. The van der Waals surface area contributed by atoms with E-state index in [1.54, 1.807) is 12.1 Å². The molecule has 0 aromatic heterocycles. The molecule has 1 fully saturated rings. The first kappa shape index (κ1) is 18.2. The molecule has 2 rings (SSSR count). The van der Waals surface area contributed by atoms with Gasteiger partial charge in [0.2, 0.25) is 0 Å². The van der Waals surface area contributed by atoms with Crippen LogP contribution in [0, 0.1) is 11.7 Å². The summed E-state index contributed by atoms with van der Waals surface area (Å²) in [5, 5.41) is 8.69. The smallest absolute Gasteiger partial charge is 0.315 e. The molecule has 5 nitrogen and oxygen atoms in total. The van der Waals surface area contributed by atoms with Crippen LogP contribution in [0.5, 0.6) is 0 Å². The zero-order valence-electron chi connectivity index (χ0n) is 14.3. The fourth-order valence-electron chi connectivity index (χ4n) is 2.82. The molecular formula is C18H26FN3O2. The van der Waals surface area contributed by atoms with Crippen LogP contribution in [-0.4, -0.2) is 30.6 Å². The molecule has 3 amide bonds. The lowest BCUT2D eigenvalue weighted by atomic mass is 9.91. The lowest BCUT2D eigenvalue weighted by Crippen LogP contribution is -2.47. The van der Waals surface area contributed by atoms with Crippen LogP contribution in [0.2, 0.25) is 0 Å². The van der Waals surface area contributed by atoms with Crippen LogP contribution in [0.3, 0.4) is 0 Å². The SMILES string of the molecule is CC(C)CNC(=O)NC1CCC(NC(=O)c2ccccc2F)CC1. The molecule has 1 aliphatic carbocycles. The van der Waals surface area contributed by atoms with Gasteiger partial charge in [-0.25, -0.2) is 9.18 Å². The van der Waals surface area contributed by atoms with Crippen LogP contribution >= 0.6 is 0 Å². The highest BCUT2D eigenvalue weighted by Gasteiger charge is 2.24. The quantitative estimate of drug-likeness (QED) is 0.774.